The summed E-state index contributed by atoms with van der Waals surface area (Å²) in [4.78, 5) is 27.3. The van der Waals surface area contributed by atoms with Gasteiger partial charge in [0.1, 0.15) is 0 Å². The molecule has 2 aromatic rings. The maximum Gasteiger partial charge on any atom is 0.227 e. The van der Waals surface area contributed by atoms with Crippen molar-refractivity contribution >= 4 is 28.9 Å². The molecule has 1 saturated carbocycles. The van der Waals surface area contributed by atoms with E-state index in [1.807, 2.05) is 75.3 Å². The highest BCUT2D eigenvalue weighted by atomic mass is 16.2. The van der Waals surface area contributed by atoms with Crippen LogP contribution in [0, 0.1) is 25.7 Å². The van der Waals surface area contributed by atoms with Gasteiger partial charge < -0.3 is 15.5 Å². The van der Waals surface area contributed by atoms with Crippen molar-refractivity contribution in [2.24, 2.45) is 11.8 Å². The molecule has 0 radical (unpaired) electrons. The van der Waals surface area contributed by atoms with Crippen LogP contribution in [-0.4, -0.2) is 25.9 Å². The molecule has 0 bridgehead atoms. The van der Waals surface area contributed by atoms with E-state index < -0.39 is 0 Å². The normalized spacial score (nSPS) is 18.8. The van der Waals surface area contributed by atoms with Crippen LogP contribution in [0.1, 0.15) is 36.8 Å². The molecule has 0 spiro atoms. The van der Waals surface area contributed by atoms with E-state index >= 15 is 0 Å². The molecule has 1 fully saturated rings. The molecule has 2 N–H and O–H groups in total. The molecule has 2 amide bonds. The Bertz CT molecular complexity index is 866. The van der Waals surface area contributed by atoms with Crippen molar-refractivity contribution in [1.29, 1.82) is 0 Å². The summed E-state index contributed by atoms with van der Waals surface area (Å²) in [6.45, 7) is 4.02. The summed E-state index contributed by atoms with van der Waals surface area (Å²) in [6, 6.07) is 13.9. The van der Waals surface area contributed by atoms with Crippen molar-refractivity contribution < 1.29 is 9.59 Å². The van der Waals surface area contributed by atoms with Gasteiger partial charge in [0.15, 0.2) is 0 Å². The van der Waals surface area contributed by atoms with Gasteiger partial charge in [-0.25, -0.2) is 0 Å². The summed E-state index contributed by atoms with van der Waals surface area (Å²) in [5.74, 6) is 0.0550. The minimum atomic E-state index is -0.0340. The van der Waals surface area contributed by atoms with Gasteiger partial charge >= 0.3 is 0 Å². The van der Waals surface area contributed by atoms with Crippen LogP contribution in [0.25, 0.3) is 0 Å². The Labute approximate surface area is 173 Å². The van der Waals surface area contributed by atoms with Gasteiger partial charge in [-0.1, -0.05) is 12.1 Å². The molecule has 5 heteroatoms. The van der Waals surface area contributed by atoms with Crippen LogP contribution in [0.5, 0.6) is 0 Å². The van der Waals surface area contributed by atoms with Gasteiger partial charge in [-0.15, -0.1) is 0 Å². The summed E-state index contributed by atoms with van der Waals surface area (Å²) in [6.07, 6.45) is 2.97. The van der Waals surface area contributed by atoms with E-state index in [0.717, 1.165) is 53.9 Å². The van der Waals surface area contributed by atoms with E-state index in [1.54, 1.807) is 0 Å². The summed E-state index contributed by atoms with van der Waals surface area (Å²) >= 11 is 0. The maximum absolute atomic E-state index is 12.7. The number of amides is 2. The number of carbonyl (C=O) groups excluding carboxylic acids is 2. The Kier molecular flexibility index (Phi) is 6.57. The van der Waals surface area contributed by atoms with Crippen molar-refractivity contribution in [3.05, 3.63) is 53.6 Å². The third kappa shape index (κ3) is 5.37. The fourth-order valence-electron chi connectivity index (χ4n) is 3.81. The SMILES string of the molecule is Cc1ccc(C)c(NC(=O)C2CCC(C(=O)Nc3ccc(N(C)C)cc3)CC2)c1. The second-order valence-electron chi connectivity index (χ2n) is 8.29. The Balaban J connectivity index is 1.51. The average Bonchev–Trinajstić information content (AvgIpc) is 2.71. The third-order valence-electron chi connectivity index (χ3n) is 5.77. The number of hydrogen-bond donors (Lipinski definition) is 2. The van der Waals surface area contributed by atoms with E-state index in [2.05, 4.69) is 10.6 Å². The average molecular weight is 394 g/mol. The lowest BCUT2D eigenvalue weighted by Crippen LogP contribution is -2.32. The van der Waals surface area contributed by atoms with Crippen LogP contribution < -0.4 is 15.5 Å². The molecule has 29 heavy (non-hydrogen) atoms. The molecule has 1 aliphatic carbocycles. The van der Waals surface area contributed by atoms with Crippen LogP contribution >= 0.6 is 0 Å². The Morgan fingerprint density at radius 2 is 1.38 bits per heavy atom. The van der Waals surface area contributed by atoms with Crippen molar-refractivity contribution in [3.8, 4) is 0 Å². The minimum Gasteiger partial charge on any atom is -0.378 e. The Morgan fingerprint density at radius 1 is 0.828 bits per heavy atom. The Morgan fingerprint density at radius 3 is 1.93 bits per heavy atom. The number of aryl methyl sites for hydroxylation is 2. The molecular weight excluding hydrogens is 362 g/mol. The van der Waals surface area contributed by atoms with Gasteiger partial charge in [0.25, 0.3) is 0 Å². The highest BCUT2D eigenvalue weighted by Gasteiger charge is 2.30. The zero-order valence-electron chi connectivity index (χ0n) is 17.8. The molecule has 1 aliphatic rings. The lowest BCUT2D eigenvalue weighted by molar-refractivity contribution is -0.125. The number of benzene rings is 2. The molecule has 3 rings (SSSR count). The van der Waals surface area contributed by atoms with Crippen molar-refractivity contribution in [1.82, 2.24) is 0 Å². The van der Waals surface area contributed by atoms with Crippen LogP contribution in [0.2, 0.25) is 0 Å². The molecule has 2 aromatic carbocycles. The molecule has 0 atom stereocenters. The predicted molar refractivity (Wildman–Crippen MR) is 119 cm³/mol. The van der Waals surface area contributed by atoms with Gasteiger partial charge in [-0.3, -0.25) is 9.59 Å². The third-order valence-corrected chi connectivity index (χ3v) is 5.77. The van der Waals surface area contributed by atoms with Gasteiger partial charge in [-0.05, 0) is 81.0 Å². The van der Waals surface area contributed by atoms with Gasteiger partial charge in [0.05, 0.1) is 0 Å². The number of rotatable bonds is 5. The molecule has 0 aromatic heterocycles. The van der Waals surface area contributed by atoms with Crippen molar-refractivity contribution in [2.75, 3.05) is 29.6 Å². The molecular formula is C24H31N3O2. The van der Waals surface area contributed by atoms with E-state index in [-0.39, 0.29) is 23.7 Å². The second-order valence-corrected chi connectivity index (χ2v) is 8.29. The van der Waals surface area contributed by atoms with E-state index in [0.29, 0.717) is 0 Å². The standard InChI is InChI=1S/C24H31N3O2/c1-16-5-6-17(2)22(15-16)26-24(29)19-9-7-18(8-10-19)23(28)25-20-11-13-21(14-12-20)27(3)4/h5-6,11-15,18-19H,7-10H2,1-4H3,(H,25,28)(H,26,29). The van der Waals surface area contributed by atoms with Gasteiger partial charge in [-0.2, -0.15) is 0 Å². The lowest BCUT2D eigenvalue weighted by Gasteiger charge is -2.27. The number of hydrogen-bond acceptors (Lipinski definition) is 3. The fraction of sp³-hybridized carbons (Fsp3) is 0.417. The first-order valence-electron chi connectivity index (χ1n) is 10.3. The first-order valence-corrected chi connectivity index (χ1v) is 10.3. The van der Waals surface area contributed by atoms with Crippen molar-refractivity contribution in [3.63, 3.8) is 0 Å². The highest BCUT2D eigenvalue weighted by Crippen LogP contribution is 2.31. The second kappa shape index (κ2) is 9.12. The van der Waals surface area contributed by atoms with E-state index in [1.165, 1.54) is 0 Å². The molecule has 5 nitrogen and oxygen atoms in total. The highest BCUT2D eigenvalue weighted by molar-refractivity contribution is 5.95. The summed E-state index contributed by atoms with van der Waals surface area (Å²) in [7, 11) is 3.98. The van der Waals surface area contributed by atoms with Crippen LogP contribution in [0.15, 0.2) is 42.5 Å². The largest absolute Gasteiger partial charge is 0.378 e. The summed E-state index contributed by atoms with van der Waals surface area (Å²) < 4.78 is 0. The fourth-order valence-corrected chi connectivity index (χ4v) is 3.81. The maximum atomic E-state index is 12.7. The first kappa shape index (κ1) is 20.9. The Hall–Kier alpha value is -2.82. The van der Waals surface area contributed by atoms with Crippen LogP contribution in [0.4, 0.5) is 17.1 Å². The topological polar surface area (TPSA) is 61.4 Å². The summed E-state index contributed by atoms with van der Waals surface area (Å²) in [5, 5.41) is 6.09. The van der Waals surface area contributed by atoms with Crippen molar-refractivity contribution in [2.45, 2.75) is 39.5 Å². The number of carbonyl (C=O) groups is 2. The molecule has 0 saturated heterocycles. The van der Waals surface area contributed by atoms with Crippen LogP contribution in [0.3, 0.4) is 0 Å². The monoisotopic (exact) mass is 393 g/mol. The van der Waals surface area contributed by atoms with E-state index in [4.69, 9.17) is 0 Å². The number of nitrogens with zero attached hydrogens (tertiary/aromatic N) is 1. The zero-order valence-corrected chi connectivity index (χ0v) is 17.8. The number of nitrogens with one attached hydrogen (secondary N) is 2. The van der Waals surface area contributed by atoms with Gasteiger partial charge in [0.2, 0.25) is 11.8 Å². The zero-order chi connectivity index (χ0) is 21.0. The van der Waals surface area contributed by atoms with Gasteiger partial charge in [0, 0.05) is 43.0 Å². The van der Waals surface area contributed by atoms with Crippen LogP contribution in [-0.2, 0) is 9.59 Å². The first-order chi connectivity index (χ1) is 13.8. The summed E-state index contributed by atoms with van der Waals surface area (Å²) in [5.41, 5.74) is 4.99. The lowest BCUT2D eigenvalue weighted by atomic mass is 9.81. The van der Waals surface area contributed by atoms with E-state index in [9.17, 15) is 9.59 Å². The molecule has 154 valence electrons. The number of anilines is 3. The quantitative estimate of drug-likeness (QED) is 0.770. The molecule has 0 unspecified atom stereocenters. The smallest absolute Gasteiger partial charge is 0.227 e. The minimum absolute atomic E-state index is 0.0293. The predicted octanol–water partition coefficient (Wildman–Crippen LogP) is 4.75. The molecule has 0 aliphatic heterocycles. The molecule has 0 heterocycles.